The fraction of sp³-hybridized carbons (Fsp3) is 0.286. The van der Waals surface area contributed by atoms with Gasteiger partial charge in [0.25, 0.3) is 0 Å². The van der Waals surface area contributed by atoms with Gasteiger partial charge in [0.2, 0.25) is 0 Å². The number of unbranched alkanes of at least 4 members (excludes halogenated alkanes) is 1. The molecule has 2 aromatic rings. The lowest BCUT2D eigenvalue weighted by Crippen LogP contribution is -1.94. The number of hydrogen-bond donors (Lipinski definition) is 1. The predicted octanol–water partition coefficient (Wildman–Crippen LogP) is 3.38. The molecule has 0 aliphatic heterocycles. The van der Waals surface area contributed by atoms with Crippen LogP contribution in [0.15, 0.2) is 34.9 Å². The van der Waals surface area contributed by atoms with Gasteiger partial charge >= 0.3 is 5.97 Å². The number of aryl methyl sites for hydroxylation is 1. The molecule has 1 aromatic carbocycles. The molecule has 4 nitrogen and oxygen atoms in total. The van der Waals surface area contributed by atoms with Crippen molar-refractivity contribution in [2.75, 3.05) is 0 Å². The molecule has 18 heavy (non-hydrogen) atoms. The van der Waals surface area contributed by atoms with Gasteiger partial charge in [0.05, 0.1) is 11.3 Å². The summed E-state index contributed by atoms with van der Waals surface area (Å²) in [6, 6.07) is 8.49. The summed E-state index contributed by atoms with van der Waals surface area (Å²) >= 11 is 0. The van der Waals surface area contributed by atoms with Crippen LogP contribution in [0, 0.1) is 0 Å². The Hall–Kier alpha value is -2.10. The molecule has 1 heterocycles. The van der Waals surface area contributed by atoms with Crippen molar-refractivity contribution < 1.29 is 14.4 Å². The Morgan fingerprint density at radius 1 is 1.33 bits per heavy atom. The normalized spacial score (nSPS) is 10.5. The molecule has 0 spiro atoms. The number of aromatic carboxylic acids is 1. The van der Waals surface area contributed by atoms with Crippen molar-refractivity contribution >= 4 is 5.97 Å². The molecule has 0 amide bonds. The van der Waals surface area contributed by atoms with E-state index in [-0.39, 0.29) is 5.56 Å². The van der Waals surface area contributed by atoms with Crippen LogP contribution in [-0.2, 0) is 6.42 Å². The maximum atomic E-state index is 10.7. The number of carbonyl (C=O) groups is 1. The Labute approximate surface area is 105 Å². The van der Waals surface area contributed by atoms with Crippen LogP contribution >= 0.6 is 0 Å². The van der Waals surface area contributed by atoms with E-state index >= 15 is 0 Å². The Bertz CT molecular complexity index is 528. The van der Waals surface area contributed by atoms with Crippen LogP contribution in [0.2, 0.25) is 0 Å². The molecule has 4 heteroatoms. The van der Waals surface area contributed by atoms with E-state index in [1.165, 1.54) is 0 Å². The first-order valence-electron chi connectivity index (χ1n) is 6.00. The number of nitrogens with zero attached hydrogens (tertiary/aromatic N) is 1. The van der Waals surface area contributed by atoms with E-state index in [4.69, 9.17) is 9.63 Å². The summed E-state index contributed by atoms with van der Waals surface area (Å²) < 4.78 is 5.25. The summed E-state index contributed by atoms with van der Waals surface area (Å²) in [5.41, 5.74) is 2.05. The maximum Gasteiger partial charge on any atom is 0.335 e. The molecule has 0 atom stereocenters. The number of carboxylic acid groups (broad SMARTS) is 1. The van der Waals surface area contributed by atoms with Gasteiger partial charge in [-0.3, -0.25) is 0 Å². The summed E-state index contributed by atoms with van der Waals surface area (Å²) in [5, 5.41) is 12.8. The Kier molecular flexibility index (Phi) is 3.77. The average molecular weight is 245 g/mol. The van der Waals surface area contributed by atoms with Crippen molar-refractivity contribution in [1.29, 1.82) is 0 Å². The van der Waals surface area contributed by atoms with Crippen molar-refractivity contribution in [2.24, 2.45) is 0 Å². The number of hydrogen-bond acceptors (Lipinski definition) is 3. The third-order valence-corrected chi connectivity index (χ3v) is 2.76. The molecule has 2 rings (SSSR count). The summed E-state index contributed by atoms with van der Waals surface area (Å²) in [4.78, 5) is 10.7. The van der Waals surface area contributed by atoms with Gasteiger partial charge in [-0.05, 0) is 25.0 Å². The van der Waals surface area contributed by atoms with Crippen LogP contribution in [0.3, 0.4) is 0 Å². The molecule has 0 bridgehead atoms. The molecule has 0 fully saturated rings. The molecule has 94 valence electrons. The van der Waals surface area contributed by atoms with Gasteiger partial charge in [0.15, 0.2) is 5.76 Å². The number of rotatable bonds is 5. The second kappa shape index (κ2) is 5.49. The third kappa shape index (κ3) is 2.77. The molecule has 0 radical (unpaired) electrons. The highest BCUT2D eigenvalue weighted by molar-refractivity contribution is 5.88. The minimum absolute atomic E-state index is 0.268. The first kappa shape index (κ1) is 12.4. The van der Waals surface area contributed by atoms with Crippen LogP contribution < -0.4 is 0 Å². The Morgan fingerprint density at radius 3 is 2.67 bits per heavy atom. The molecular formula is C14H15NO3. The first-order chi connectivity index (χ1) is 8.70. The van der Waals surface area contributed by atoms with Crippen molar-refractivity contribution in [2.45, 2.75) is 26.2 Å². The SMILES string of the molecule is CCCCc1cc(-c2ccc(C(=O)O)cc2)on1. The van der Waals surface area contributed by atoms with E-state index < -0.39 is 5.97 Å². The standard InChI is InChI=1S/C14H15NO3/c1-2-3-4-12-9-13(18-15-12)10-5-7-11(8-6-10)14(16)17/h5-9H,2-4H2,1H3,(H,16,17). The number of aromatic nitrogens is 1. The zero-order chi connectivity index (χ0) is 13.0. The van der Waals surface area contributed by atoms with Crippen molar-refractivity contribution in [3.63, 3.8) is 0 Å². The highest BCUT2D eigenvalue weighted by Crippen LogP contribution is 2.21. The van der Waals surface area contributed by atoms with E-state index in [1.807, 2.05) is 6.07 Å². The molecule has 1 aromatic heterocycles. The number of carboxylic acids is 1. The molecule has 0 aliphatic rings. The highest BCUT2D eigenvalue weighted by Gasteiger charge is 2.08. The maximum absolute atomic E-state index is 10.7. The molecule has 0 unspecified atom stereocenters. The Balaban J connectivity index is 2.15. The molecule has 0 saturated carbocycles. The minimum Gasteiger partial charge on any atom is -0.478 e. The lowest BCUT2D eigenvalue weighted by molar-refractivity contribution is 0.0697. The molecule has 1 N–H and O–H groups in total. The van der Waals surface area contributed by atoms with Crippen molar-refractivity contribution in [1.82, 2.24) is 5.16 Å². The fourth-order valence-corrected chi connectivity index (χ4v) is 1.70. The van der Waals surface area contributed by atoms with Gasteiger partial charge in [-0.1, -0.05) is 30.6 Å². The predicted molar refractivity (Wildman–Crippen MR) is 67.5 cm³/mol. The van der Waals surface area contributed by atoms with Crippen LogP contribution in [-0.4, -0.2) is 16.2 Å². The molecular weight excluding hydrogens is 230 g/mol. The molecule has 0 saturated heterocycles. The fourth-order valence-electron chi connectivity index (χ4n) is 1.70. The molecule has 0 aliphatic carbocycles. The summed E-state index contributed by atoms with van der Waals surface area (Å²) in [6.07, 6.45) is 3.12. The van der Waals surface area contributed by atoms with Gasteiger partial charge in [-0.25, -0.2) is 4.79 Å². The summed E-state index contributed by atoms with van der Waals surface area (Å²) in [6.45, 7) is 2.13. The topological polar surface area (TPSA) is 63.3 Å². The van der Waals surface area contributed by atoms with Crippen molar-refractivity contribution in [3.8, 4) is 11.3 Å². The smallest absolute Gasteiger partial charge is 0.335 e. The zero-order valence-electron chi connectivity index (χ0n) is 10.2. The van der Waals surface area contributed by atoms with E-state index in [2.05, 4.69) is 12.1 Å². The first-order valence-corrected chi connectivity index (χ1v) is 6.00. The summed E-state index contributed by atoms with van der Waals surface area (Å²) in [7, 11) is 0. The minimum atomic E-state index is -0.928. The van der Waals surface area contributed by atoms with Crippen LogP contribution in [0.25, 0.3) is 11.3 Å². The van der Waals surface area contributed by atoms with E-state index in [0.29, 0.717) is 5.76 Å². The monoisotopic (exact) mass is 245 g/mol. The highest BCUT2D eigenvalue weighted by atomic mass is 16.5. The van der Waals surface area contributed by atoms with E-state index in [1.54, 1.807) is 24.3 Å². The third-order valence-electron chi connectivity index (χ3n) is 2.76. The average Bonchev–Trinajstić information content (AvgIpc) is 2.85. The Morgan fingerprint density at radius 2 is 2.06 bits per heavy atom. The van der Waals surface area contributed by atoms with Crippen LogP contribution in [0.4, 0.5) is 0 Å². The van der Waals surface area contributed by atoms with Crippen molar-refractivity contribution in [3.05, 3.63) is 41.6 Å². The second-order valence-corrected chi connectivity index (χ2v) is 4.17. The van der Waals surface area contributed by atoms with Gasteiger partial charge in [-0.2, -0.15) is 0 Å². The largest absolute Gasteiger partial charge is 0.478 e. The number of benzene rings is 1. The van der Waals surface area contributed by atoms with Crippen LogP contribution in [0.5, 0.6) is 0 Å². The summed E-state index contributed by atoms with van der Waals surface area (Å²) in [5.74, 6) is -0.249. The lowest BCUT2D eigenvalue weighted by Gasteiger charge is -1.96. The lowest BCUT2D eigenvalue weighted by atomic mass is 10.1. The van der Waals surface area contributed by atoms with Crippen LogP contribution in [0.1, 0.15) is 35.8 Å². The van der Waals surface area contributed by atoms with Gasteiger partial charge in [0, 0.05) is 11.6 Å². The van der Waals surface area contributed by atoms with Gasteiger partial charge in [-0.15, -0.1) is 0 Å². The second-order valence-electron chi connectivity index (χ2n) is 4.17. The zero-order valence-corrected chi connectivity index (χ0v) is 10.2. The van der Waals surface area contributed by atoms with E-state index in [9.17, 15) is 4.79 Å². The van der Waals surface area contributed by atoms with E-state index in [0.717, 1.165) is 30.5 Å². The quantitative estimate of drug-likeness (QED) is 0.877. The van der Waals surface area contributed by atoms with Gasteiger partial charge < -0.3 is 9.63 Å². The van der Waals surface area contributed by atoms with Gasteiger partial charge in [0.1, 0.15) is 0 Å².